The number of nitrogens with zero attached hydrogens (tertiary/aromatic N) is 5. The molecular weight excluding hydrogens is 330 g/mol. The zero-order chi connectivity index (χ0) is 16.5. The lowest BCUT2D eigenvalue weighted by Gasteiger charge is -2.24. The summed E-state index contributed by atoms with van der Waals surface area (Å²) in [5.41, 5.74) is 2.26. The number of halogens is 1. The van der Waals surface area contributed by atoms with Crippen molar-refractivity contribution in [1.82, 2.24) is 29.9 Å². The van der Waals surface area contributed by atoms with Crippen LogP contribution in [0.1, 0.15) is 31.0 Å². The molecular formula is C15H18ClN7O. The topological polar surface area (TPSA) is 93.5 Å². The summed E-state index contributed by atoms with van der Waals surface area (Å²) in [4.78, 5) is 9.30. The Labute approximate surface area is 143 Å². The molecule has 0 spiro atoms. The molecule has 1 fully saturated rings. The fourth-order valence-corrected chi connectivity index (χ4v) is 2.94. The number of aromatic amines is 1. The summed E-state index contributed by atoms with van der Waals surface area (Å²) in [7, 11) is 1.65. The Hall–Kier alpha value is -2.19. The lowest BCUT2D eigenvalue weighted by molar-refractivity contribution is 0.183. The van der Waals surface area contributed by atoms with E-state index in [1.165, 1.54) is 6.42 Å². The second-order valence-corrected chi connectivity index (χ2v) is 6.24. The van der Waals surface area contributed by atoms with Crippen LogP contribution in [0.5, 0.6) is 0 Å². The number of aromatic nitrogens is 6. The van der Waals surface area contributed by atoms with Gasteiger partial charge in [-0.1, -0.05) is 18.0 Å². The van der Waals surface area contributed by atoms with E-state index in [1.807, 2.05) is 0 Å². The van der Waals surface area contributed by atoms with Gasteiger partial charge in [-0.2, -0.15) is 10.2 Å². The van der Waals surface area contributed by atoms with Crippen LogP contribution in [0, 0.1) is 0 Å². The lowest BCUT2D eigenvalue weighted by Crippen LogP contribution is -2.13. The molecule has 0 saturated heterocycles. The van der Waals surface area contributed by atoms with Crippen molar-refractivity contribution in [3.63, 3.8) is 0 Å². The van der Waals surface area contributed by atoms with Crippen molar-refractivity contribution in [1.29, 1.82) is 0 Å². The van der Waals surface area contributed by atoms with Gasteiger partial charge in [0.25, 0.3) is 0 Å². The third kappa shape index (κ3) is 2.71. The third-order valence-electron chi connectivity index (χ3n) is 4.32. The van der Waals surface area contributed by atoms with Gasteiger partial charge in [0.2, 0.25) is 0 Å². The summed E-state index contributed by atoms with van der Waals surface area (Å²) in [6.45, 7) is 1.14. The highest BCUT2D eigenvalue weighted by atomic mass is 35.5. The highest BCUT2D eigenvalue weighted by Crippen LogP contribution is 2.36. The Morgan fingerprint density at radius 1 is 1.38 bits per heavy atom. The van der Waals surface area contributed by atoms with E-state index in [9.17, 15) is 0 Å². The van der Waals surface area contributed by atoms with E-state index in [-0.39, 0.29) is 0 Å². The summed E-state index contributed by atoms with van der Waals surface area (Å²) >= 11 is 6.39. The van der Waals surface area contributed by atoms with Gasteiger partial charge >= 0.3 is 0 Å². The average Bonchev–Trinajstić information content (AvgIpc) is 3.12. The zero-order valence-electron chi connectivity index (χ0n) is 13.3. The van der Waals surface area contributed by atoms with E-state index in [0.29, 0.717) is 35.7 Å². The van der Waals surface area contributed by atoms with Gasteiger partial charge in [-0.05, 0) is 12.8 Å². The molecule has 8 nitrogen and oxygen atoms in total. The predicted octanol–water partition coefficient (Wildman–Crippen LogP) is 2.86. The van der Waals surface area contributed by atoms with Crippen LogP contribution < -0.4 is 5.32 Å². The fourth-order valence-electron chi connectivity index (χ4n) is 2.71. The van der Waals surface area contributed by atoms with Crippen LogP contribution in [0.4, 0.5) is 11.5 Å². The van der Waals surface area contributed by atoms with E-state index in [0.717, 1.165) is 29.7 Å². The van der Waals surface area contributed by atoms with Crippen LogP contribution in [0.3, 0.4) is 0 Å². The van der Waals surface area contributed by atoms with Crippen LogP contribution >= 0.6 is 11.6 Å². The number of fused-ring (bicyclic) bond motifs is 1. The molecule has 126 valence electrons. The summed E-state index contributed by atoms with van der Waals surface area (Å²) in [6.07, 6.45) is 6.91. The molecule has 1 aliphatic rings. The monoisotopic (exact) mass is 347 g/mol. The molecule has 3 aromatic rings. The number of nitrogens with one attached hydrogen (secondary N) is 2. The first-order valence-electron chi connectivity index (χ1n) is 7.94. The van der Waals surface area contributed by atoms with E-state index in [2.05, 4.69) is 30.6 Å². The standard InChI is InChI=1S/C15H18ClN7O/c1-24-6-5-23-13(16)11(8-18-23)20-15-12-10(7-17-22-12)19-14(21-15)9-3-2-4-9/h7-9H,2-6H2,1H3,(H,17,22)(H,19,20,21). The summed E-state index contributed by atoms with van der Waals surface area (Å²) in [5, 5.41) is 15.1. The van der Waals surface area contributed by atoms with Gasteiger partial charge in [0.1, 0.15) is 16.9 Å². The maximum absolute atomic E-state index is 6.39. The largest absolute Gasteiger partial charge is 0.383 e. The molecule has 0 atom stereocenters. The normalized spacial score (nSPS) is 14.9. The second kappa shape index (κ2) is 6.37. The van der Waals surface area contributed by atoms with Gasteiger partial charge in [-0.25, -0.2) is 14.6 Å². The molecule has 0 unspecified atom stereocenters. The second-order valence-electron chi connectivity index (χ2n) is 5.88. The molecule has 0 aliphatic heterocycles. The Bertz CT molecular complexity index is 855. The summed E-state index contributed by atoms with van der Waals surface area (Å²) < 4.78 is 6.75. The molecule has 0 amide bonds. The Kier molecular flexibility index (Phi) is 4.07. The maximum Gasteiger partial charge on any atom is 0.160 e. The molecule has 1 aliphatic carbocycles. The molecule has 2 N–H and O–H groups in total. The molecule has 3 aromatic heterocycles. The number of H-pyrrole nitrogens is 1. The maximum atomic E-state index is 6.39. The Morgan fingerprint density at radius 3 is 3.00 bits per heavy atom. The highest BCUT2D eigenvalue weighted by Gasteiger charge is 2.24. The van der Waals surface area contributed by atoms with E-state index < -0.39 is 0 Å². The van der Waals surface area contributed by atoms with Crippen LogP contribution in [0.2, 0.25) is 5.15 Å². The van der Waals surface area contributed by atoms with Crippen molar-refractivity contribution in [2.45, 2.75) is 31.7 Å². The minimum absolute atomic E-state index is 0.435. The van der Waals surface area contributed by atoms with Crippen molar-refractivity contribution >= 4 is 34.1 Å². The number of rotatable bonds is 6. The van der Waals surface area contributed by atoms with Crippen LogP contribution in [0.15, 0.2) is 12.4 Å². The first-order valence-corrected chi connectivity index (χ1v) is 8.32. The minimum Gasteiger partial charge on any atom is -0.383 e. The van der Waals surface area contributed by atoms with Crippen molar-refractivity contribution in [2.75, 3.05) is 19.0 Å². The van der Waals surface area contributed by atoms with Gasteiger partial charge in [0.05, 0.1) is 31.2 Å². The van der Waals surface area contributed by atoms with Gasteiger partial charge in [0, 0.05) is 13.0 Å². The van der Waals surface area contributed by atoms with E-state index in [4.69, 9.17) is 16.3 Å². The molecule has 0 bridgehead atoms. The number of anilines is 2. The van der Waals surface area contributed by atoms with E-state index >= 15 is 0 Å². The van der Waals surface area contributed by atoms with Gasteiger partial charge in [0.15, 0.2) is 11.0 Å². The smallest absolute Gasteiger partial charge is 0.160 e. The first-order chi connectivity index (χ1) is 11.8. The Balaban J connectivity index is 1.66. The SMILES string of the molecule is COCCn1ncc(Nc2nc(C3CCC3)nc3cn[nH]c23)c1Cl. The fraction of sp³-hybridized carbons (Fsp3) is 0.467. The van der Waals surface area contributed by atoms with Crippen LogP contribution in [-0.4, -0.2) is 43.7 Å². The molecule has 0 aromatic carbocycles. The first kappa shape index (κ1) is 15.3. The number of hydrogen-bond acceptors (Lipinski definition) is 6. The minimum atomic E-state index is 0.435. The lowest BCUT2D eigenvalue weighted by atomic mass is 9.85. The number of methoxy groups -OCH3 is 1. The molecule has 1 saturated carbocycles. The van der Waals surface area contributed by atoms with Crippen molar-refractivity contribution in [3.05, 3.63) is 23.4 Å². The third-order valence-corrected chi connectivity index (χ3v) is 4.72. The van der Waals surface area contributed by atoms with Crippen molar-refractivity contribution in [2.24, 2.45) is 0 Å². The number of ether oxygens (including phenoxy) is 1. The van der Waals surface area contributed by atoms with Crippen LogP contribution in [-0.2, 0) is 11.3 Å². The molecule has 3 heterocycles. The van der Waals surface area contributed by atoms with Crippen LogP contribution in [0.25, 0.3) is 11.0 Å². The summed E-state index contributed by atoms with van der Waals surface area (Å²) in [5.74, 6) is 1.97. The van der Waals surface area contributed by atoms with E-state index in [1.54, 1.807) is 24.2 Å². The summed E-state index contributed by atoms with van der Waals surface area (Å²) in [6, 6.07) is 0. The van der Waals surface area contributed by atoms with Crippen molar-refractivity contribution < 1.29 is 4.74 Å². The average molecular weight is 348 g/mol. The Morgan fingerprint density at radius 2 is 2.25 bits per heavy atom. The highest BCUT2D eigenvalue weighted by molar-refractivity contribution is 6.32. The molecule has 24 heavy (non-hydrogen) atoms. The quantitative estimate of drug-likeness (QED) is 0.712. The van der Waals surface area contributed by atoms with Crippen molar-refractivity contribution in [3.8, 4) is 0 Å². The molecule has 9 heteroatoms. The molecule has 4 rings (SSSR count). The zero-order valence-corrected chi connectivity index (χ0v) is 14.0. The van der Waals surface area contributed by atoms with Gasteiger partial charge in [-0.3, -0.25) is 5.10 Å². The molecule has 0 radical (unpaired) electrons. The van der Waals surface area contributed by atoms with Gasteiger partial charge < -0.3 is 10.1 Å². The van der Waals surface area contributed by atoms with Gasteiger partial charge in [-0.15, -0.1) is 0 Å². The predicted molar refractivity (Wildman–Crippen MR) is 90.7 cm³/mol. The number of hydrogen-bond donors (Lipinski definition) is 2.